The lowest BCUT2D eigenvalue weighted by atomic mass is 10.0. The number of carbonyl (C=O) groups is 1. The van der Waals surface area contributed by atoms with Crippen LogP contribution in [0, 0.1) is 0 Å². The predicted octanol–water partition coefficient (Wildman–Crippen LogP) is 5.71. The lowest BCUT2D eigenvalue weighted by molar-refractivity contribution is 0.123. The second-order valence-corrected chi connectivity index (χ2v) is 7.81. The van der Waals surface area contributed by atoms with Crippen LogP contribution < -0.4 is 0 Å². The van der Waals surface area contributed by atoms with Gasteiger partial charge in [0.15, 0.2) is 0 Å². The lowest BCUT2D eigenvalue weighted by Crippen LogP contribution is -2.34. The van der Waals surface area contributed by atoms with E-state index >= 15 is 0 Å². The largest absolute Gasteiger partial charge is 0.465 e. The zero-order valence-corrected chi connectivity index (χ0v) is 16.5. The summed E-state index contributed by atoms with van der Waals surface area (Å²) in [5.41, 5.74) is 4.24. The first-order valence-corrected chi connectivity index (χ1v) is 9.75. The molecule has 1 aromatic heterocycles. The van der Waals surface area contributed by atoms with Gasteiger partial charge in [-0.2, -0.15) is 0 Å². The molecule has 1 amide bonds. The van der Waals surface area contributed by atoms with E-state index < -0.39 is 6.09 Å². The van der Waals surface area contributed by atoms with Gasteiger partial charge in [-0.3, -0.25) is 4.90 Å². The zero-order valence-electron chi connectivity index (χ0n) is 14.9. The maximum atomic E-state index is 11.5. The molecule has 27 heavy (non-hydrogen) atoms. The minimum absolute atomic E-state index is 0.0197. The number of hydrogen-bond acceptors (Lipinski definition) is 2. The Hall–Kier alpha value is -2.60. The molecule has 4 rings (SSSR count). The highest BCUT2D eigenvalue weighted by Gasteiger charge is 2.36. The van der Waals surface area contributed by atoms with Gasteiger partial charge in [0.25, 0.3) is 0 Å². The molecule has 3 aromatic rings. The first-order valence-electron chi connectivity index (χ1n) is 8.95. The number of imidazole rings is 1. The number of carboxylic acid groups (broad SMARTS) is 1. The van der Waals surface area contributed by atoms with Crippen molar-refractivity contribution in [1.29, 1.82) is 0 Å². The Morgan fingerprint density at radius 2 is 1.67 bits per heavy atom. The Kier molecular flexibility index (Phi) is 4.74. The summed E-state index contributed by atoms with van der Waals surface area (Å²) in [6.07, 6.45) is 2.55. The molecule has 1 aliphatic heterocycles. The zero-order chi connectivity index (χ0) is 19.0. The molecule has 0 spiro atoms. The van der Waals surface area contributed by atoms with Crippen LogP contribution in [0.1, 0.15) is 31.6 Å². The van der Waals surface area contributed by atoms with Gasteiger partial charge in [-0.05, 0) is 48.6 Å². The second-order valence-electron chi connectivity index (χ2n) is 6.90. The highest BCUT2D eigenvalue weighted by molar-refractivity contribution is 9.10. The Bertz CT molecular complexity index is 950. The van der Waals surface area contributed by atoms with Crippen molar-refractivity contribution in [2.24, 2.45) is 0 Å². The molecule has 0 radical (unpaired) electrons. The number of H-pyrrole nitrogens is 1. The number of rotatable bonds is 3. The molecule has 2 N–H and O–H groups in total. The van der Waals surface area contributed by atoms with Crippen molar-refractivity contribution >= 4 is 22.0 Å². The average Bonchev–Trinajstić information content (AvgIpc) is 3.29. The van der Waals surface area contributed by atoms with Crippen LogP contribution in [0.15, 0.2) is 59.2 Å². The number of aromatic amines is 1. The van der Waals surface area contributed by atoms with E-state index in [9.17, 15) is 9.90 Å². The number of benzene rings is 2. The molecule has 138 valence electrons. The summed E-state index contributed by atoms with van der Waals surface area (Å²) in [5.74, 6) is 0.716. The highest BCUT2D eigenvalue weighted by Crippen LogP contribution is 2.35. The molecule has 1 saturated heterocycles. The Balaban J connectivity index is 1.56. The summed E-state index contributed by atoms with van der Waals surface area (Å²) >= 11 is 3.46. The summed E-state index contributed by atoms with van der Waals surface area (Å²) in [7, 11) is 0. The van der Waals surface area contributed by atoms with Crippen molar-refractivity contribution in [3.63, 3.8) is 0 Å². The van der Waals surface area contributed by atoms with Crippen molar-refractivity contribution in [3.8, 4) is 22.4 Å². The molecule has 0 aliphatic carbocycles. The van der Waals surface area contributed by atoms with Gasteiger partial charge in [0, 0.05) is 10.5 Å². The van der Waals surface area contributed by atoms with Crippen molar-refractivity contribution in [2.75, 3.05) is 0 Å². The molecule has 0 saturated carbocycles. The van der Waals surface area contributed by atoms with Crippen LogP contribution in [0.4, 0.5) is 4.79 Å². The molecule has 6 heteroatoms. The number of nitrogens with one attached hydrogen (secondary N) is 1. The van der Waals surface area contributed by atoms with Gasteiger partial charge in [0.2, 0.25) is 0 Å². The fourth-order valence-electron chi connectivity index (χ4n) is 3.71. The van der Waals surface area contributed by atoms with Crippen LogP contribution in [0.5, 0.6) is 0 Å². The van der Waals surface area contributed by atoms with E-state index in [2.05, 4.69) is 62.3 Å². The van der Waals surface area contributed by atoms with Crippen LogP contribution >= 0.6 is 15.9 Å². The molecule has 1 aliphatic rings. The van der Waals surface area contributed by atoms with Crippen LogP contribution in [-0.4, -0.2) is 32.1 Å². The Labute approximate surface area is 166 Å². The van der Waals surface area contributed by atoms with Gasteiger partial charge in [0.1, 0.15) is 5.82 Å². The van der Waals surface area contributed by atoms with E-state index in [0.717, 1.165) is 39.7 Å². The normalized spacial score (nSPS) is 19.4. The van der Waals surface area contributed by atoms with E-state index in [1.165, 1.54) is 4.90 Å². The molecule has 5 nitrogen and oxygen atoms in total. The smallest absolute Gasteiger partial charge is 0.408 e. The van der Waals surface area contributed by atoms with E-state index in [4.69, 9.17) is 0 Å². The van der Waals surface area contributed by atoms with Gasteiger partial charge in [-0.1, -0.05) is 52.3 Å². The number of amides is 1. The van der Waals surface area contributed by atoms with Crippen molar-refractivity contribution in [2.45, 2.75) is 31.8 Å². The quantitative estimate of drug-likeness (QED) is 0.564. The van der Waals surface area contributed by atoms with Gasteiger partial charge in [0.05, 0.1) is 17.9 Å². The SMILES string of the molecule is C[C@H]1CC[C@@H](c2ncc(-c3ccc(-c4ccc(Br)cc4)cc3)[nH]2)N1C(=O)O. The minimum atomic E-state index is -0.887. The standard InChI is InChI=1S/C21H20BrN3O2/c1-13-2-11-19(25(13)21(26)27)20-23-12-18(24-20)16-5-3-14(4-6-16)15-7-9-17(22)10-8-15/h3-10,12-13,19H,2,11H2,1H3,(H,23,24)(H,26,27)/t13-,19-/m0/s1. The third kappa shape index (κ3) is 3.49. The molecule has 2 aromatic carbocycles. The third-order valence-electron chi connectivity index (χ3n) is 5.17. The van der Waals surface area contributed by atoms with Crippen LogP contribution in [0.2, 0.25) is 0 Å². The van der Waals surface area contributed by atoms with Gasteiger partial charge in [-0.25, -0.2) is 9.78 Å². The summed E-state index contributed by atoms with van der Waals surface area (Å²) in [4.78, 5) is 20.8. The summed E-state index contributed by atoms with van der Waals surface area (Å²) in [5, 5.41) is 9.48. The van der Waals surface area contributed by atoms with Gasteiger partial charge in [-0.15, -0.1) is 0 Å². The summed E-state index contributed by atoms with van der Waals surface area (Å²) in [6, 6.07) is 16.3. The summed E-state index contributed by atoms with van der Waals surface area (Å²) < 4.78 is 1.06. The monoisotopic (exact) mass is 425 g/mol. The fraction of sp³-hybridized carbons (Fsp3) is 0.238. The maximum absolute atomic E-state index is 11.5. The maximum Gasteiger partial charge on any atom is 0.408 e. The van der Waals surface area contributed by atoms with E-state index in [1.54, 1.807) is 6.20 Å². The highest BCUT2D eigenvalue weighted by atomic mass is 79.9. The van der Waals surface area contributed by atoms with Gasteiger partial charge < -0.3 is 10.1 Å². The van der Waals surface area contributed by atoms with Crippen molar-refractivity contribution in [1.82, 2.24) is 14.9 Å². The van der Waals surface area contributed by atoms with E-state index in [1.807, 2.05) is 19.1 Å². The molecular formula is C21H20BrN3O2. The number of likely N-dealkylation sites (tertiary alicyclic amines) is 1. The number of halogens is 1. The molecular weight excluding hydrogens is 406 g/mol. The lowest BCUT2D eigenvalue weighted by Gasteiger charge is -2.23. The predicted molar refractivity (Wildman–Crippen MR) is 108 cm³/mol. The molecule has 1 fully saturated rings. The Morgan fingerprint density at radius 1 is 1.07 bits per heavy atom. The molecule has 0 unspecified atom stereocenters. The van der Waals surface area contributed by atoms with Crippen LogP contribution in [0.25, 0.3) is 22.4 Å². The van der Waals surface area contributed by atoms with Crippen molar-refractivity contribution < 1.29 is 9.90 Å². The molecule has 2 heterocycles. The summed E-state index contributed by atoms with van der Waals surface area (Å²) in [6.45, 7) is 1.94. The van der Waals surface area contributed by atoms with E-state index in [0.29, 0.717) is 5.82 Å². The van der Waals surface area contributed by atoms with Crippen molar-refractivity contribution in [3.05, 3.63) is 65.0 Å². The van der Waals surface area contributed by atoms with Gasteiger partial charge >= 0.3 is 6.09 Å². The fourth-order valence-corrected chi connectivity index (χ4v) is 3.98. The topological polar surface area (TPSA) is 69.2 Å². The first-order chi connectivity index (χ1) is 13.0. The number of aromatic nitrogens is 2. The number of hydrogen-bond donors (Lipinski definition) is 2. The van der Waals surface area contributed by atoms with Crippen LogP contribution in [-0.2, 0) is 0 Å². The molecule has 0 bridgehead atoms. The average molecular weight is 426 g/mol. The first kappa shape index (κ1) is 17.8. The van der Waals surface area contributed by atoms with E-state index in [-0.39, 0.29) is 12.1 Å². The minimum Gasteiger partial charge on any atom is -0.465 e. The Morgan fingerprint density at radius 3 is 2.30 bits per heavy atom. The molecule has 2 atom stereocenters. The third-order valence-corrected chi connectivity index (χ3v) is 5.70. The number of nitrogens with zero attached hydrogens (tertiary/aromatic N) is 2. The second kappa shape index (κ2) is 7.19. The van der Waals surface area contributed by atoms with Crippen LogP contribution in [0.3, 0.4) is 0 Å².